The third-order valence-electron chi connectivity index (χ3n) is 4.68. The summed E-state index contributed by atoms with van der Waals surface area (Å²) in [6.45, 7) is 3.46. The molecule has 0 saturated carbocycles. The van der Waals surface area contributed by atoms with Crippen LogP contribution in [-0.2, 0) is 11.2 Å². The number of hydrogen-bond donors (Lipinski definition) is 3. The molecule has 0 fully saturated rings. The van der Waals surface area contributed by atoms with Crippen molar-refractivity contribution < 1.29 is 14.3 Å². The van der Waals surface area contributed by atoms with Crippen molar-refractivity contribution in [2.75, 3.05) is 17.7 Å². The summed E-state index contributed by atoms with van der Waals surface area (Å²) < 4.78 is 5.34. The highest BCUT2D eigenvalue weighted by Crippen LogP contribution is 2.28. The molecule has 1 aromatic heterocycles. The van der Waals surface area contributed by atoms with Gasteiger partial charge in [0.2, 0.25) is 5.91 Å². The number of ether oxygens (including phenoxy) is 1. The van der Waals surface area contributed by atoms with E-state index in [2.05, 4.69) is 20.9 Å². The third-order valence-corrected chi connectivity index (χ3v) is 4.68. The van der Waals surface area contributed by atoms with E-state index >= 15 is 0 Å². The van der Waals surface area contributed by atoms with Gasteiger partial charge in [-0.25, -0.2) is 4.79 Å². The molecule has 0 aliphatic carbocycles. The number of nitrogens with one attached hydrogen (secondary N) is 3. The maximum atomic E-state index is 12.8. The van der Waals surface area contributed by atoms with Gasteiger partial charge in [-0.05, 0) is 49.2 Å². The van der Waals surface area contributed by atoms with Crippen molar-refractivity contribution in [3.05, 3.63) is 83.7 Å². The van der Waals surface area contributed by atoms with Crippen LogP contribution in [0.4, 0.5) is 16.2 Å². The number of rotatable bonds is 7. The quantitative estimate of drug-likeness (QED) is 0.528. The number of benzene rings is 2. The molecule has 0 spiro atoms. The molecule has 7 nitrogen and oxygen atoms in total. The number of aromatic nitrogens is 1. The molecule has 3 amide bonds. The van der Waals surface area contributed by atoms with Gasteiger partial charge in [0.15, 0.2) is 0 Å². The fourth-order valence-electron chi connectivity index (χ4n) is 3.17. The summed E-state index contributed by atoms with van der Waals surface area (Å²) in [6.07, 6.45) is 2.30. The summed E-state index contributed by atoms with van der Waals surface area (Å²) in [4.78, 5) is 28.6. The van der Waals surface area contributed by atoms with Gasteiger partial charge < -0.3 is 20.7 Å². The summed E-state index contributed by atoms with van der Waals surface area (Å²) in [5.74, 6) is 0.283. The molecule has 2 aromatic carbocycles. The summed E-state index contributed by atoms with van der Waals surface area (Å²) in [5.41, 5.74) is 4.03. The van der Waals surface area contributed by atoms with Gasteiger partial charge in [-0.3, -0.25) is 9.78 Å². The highest BCUT2D eigenvalue weighted by Gasteiger charge is 2.18. The van der Waals surface area contributed by atoms with Crippen LogP contribution in [0.3, 0.4) is 0 Å². The minimum Gasteiger partial charge on any atom is -0.495 e. The molecule has 3 N–H and O–H groups in total. The van der Waals surface area contributed by atoms with Crippen molar-refractivity contribution >= 4 is 23.3 Å². The summed E-state index contributed by atoms with van der Waals surface area (Å²) in [6, 6.07) is 18.1. The molecule has 1 heterocycles. The van der Waals surface area contributed by atoms with Crippen LogP contribution in [0, 0.1) is 6.92 Å². The van der Waals surface area contributed by atoms with E-state index in [1.165, 1.54) is 19.6 Å². The van der Waals surface area contributed by atoms with Crippen LogP contribution in [0.5, 0.6) is 5.75 Å². The smallest absolute Gasteiger partial charge is 0.319 e. The Kier molecular flexibility index (Phi) is 7.22. The molecule has 7 heteroatoms. The van der Waals surface area contributed by atoms with E-state index in [1.807, 2.05) is 49.4 Å². The average Bonchev–Trinajstić information content (AvgIpc) is 2.75. The zero-order chi connectivity index (χ0) is 22.2. The highest BCUT2D eigenvalue weighted by atomic mass is 16.5. The number of carbonyl (C=O) groups is 2. The van der Waals surface area contributed by atoms with Gasteiger partial charge in [0, 0.05) is 18.8 Å². The van der Waals surface area contributed by atoms with Gasteiger partial charge in [-0.15, -0.1) is 0 Å². The Balaban J connectivity index is 1.79. The molecule has 3 rings (SSSR count). The van der Waals surface area contributed by atoms with E-state index < -0.39 is 6.03 Å². The van der Waals surface area contributed by atoms with Crippen molar-refractivity contribution in [2.45, 2.75) is 26.3 Å². The second kappa shape index (κ2) is 10.2. The van der Waals surface area contributed by atoms with E-state index in [1.54, 1.807) is 24.4 Å². The van der Waals surface area contributed by atoms with Crippen LogP contribution < -0.4 is 20.7 Å². The normalized spacial score (nSPS) is 11.3. The number of carbonyl (C=O) groups excluding carboxylic acids is 2. The van der Waals surface area contributed by atoms with Gasteiger partial charge in [0.25, 0.3) is 0 Å². The van der Waals surface area contributed by atoms with E-state index in [0.717, 1.165) is 11.3 Å². The number of hydrogen-bond acceptors (Lipinski definition) is 4. The Morgan fingerprint density at radius 3 is 2.45 bits per heavy atom. The number of amides is 3. The van der Waals surface area contributed by atoms with E-state index in [0.29, 0.717) is 23.5 Å². The van der Waals surface area contributed by atoms with Gasteiger partial charge >= 0.3 is 6.03 Å². The molecular formula is C24H26N4O3. The van der Waals surface area contributed by atoms with Crippen LogP contribution in [0.1, 0.15) is 29.8 Å². The molecule has 3 aromatic rings. The number of nitrogens with zero attached hydrogens (tertiary/aromatic N) is 1. The standard InChI is InChI=1S/C24H26N4O3/c1-16-7-9-18(10-8-16)14-21(20-6-4-5-13-25-20)27-24(30)28-22-15-19(26-17(2)29)11-12-23(22)31-3/h4-13,15,21H,14H2,1-3H3,(H,26,29)(H2,27,28,30). The second-order valence-corrected chi connectivity index (χ2v) is 7.19. The van der Waals surface area contributed by atoms with Crippen LogP contribution >= 0.6 is 0 Å². The van der Waals surface area contributed by atoms with Gasteiger partial charge in [-0.1, -0.05) is 35.9 Å². The third kappa shape index (κ3) is 6.30. The molecule has 31 heavy (non-hydrogen) atoms. The molecule has 0 radical (unpaired) electrons. The Hall–Kier alpha value is -3.87. The molecule has 0 saturated heterocycles. The van der Waals surface area contributed by atoms with Crippen LogP contribution in [-0.4, -0.2) is 24.0 Å². The van der Waals surface area contributed by atoms with E-state index in [4.69, 9.17) is 4.74 Å². The zero-order valence-corrected chi connectivity index (χ0v) is 17.8. The topological polar surface area (TPSA) is 92.4 Å². The predicted molar refractivity (Wildman–Crippen MR) is 121 cm³/mol. The van der Waals surface area contributed by atoms with Crippen molar-refractivity contribution in [1.82, 2.24) is 10.3 Å². The number of anilines is 2. The lowest BCUT2D eigenvalue weighted by Crippen LogP contribution is -2.34. The monoisotopic (exact) mass is 418 g/mol. The Bertz CT molecular complexity index is 1040. The first-order valence-corrected chi connectivity index (χ1v) is 9.94. The van der Waals surface area contributed by atoms with Crippen molar-refractivity contribution in [2.24, 2.45) is 0 Å². The predicted octanol–water partition coefficient (Wildman–Crippen LogP) is 4.46. The lowest BCUT2D eigenvalue weighted by molar-refractivity contribution is -0.114. The first-order chi connectivity index (χ1) is 14.9. The van der Waals surface area contributed by atoms with Crippen molar-refractivity contribution in [1.29, 1.82) is 0 Å². The largest absolute Gasteiger partial charge is 0.495 e. The minimum atomic E-state index is -0.402. The Morgan fingerprint density at radius 2 is 1.81 bits per heavy atom. The first-order valence-electron chi connectivity index (χ1n) is 9.94. The lowest BCUT2D eigenvalue weighted by atomic mass is 10.0. The minimum absolute atomic E-state index is 0.200. The van der Waals surface area contributed by atoms with Crippen molar-refractivity contribution in [3.63, 3.8) is 0 Å². The van der Waals surface area contributed by atoms with Crippen LogP contribution in [0.2, 0.25) is 0 Å². The molecule has 0 aliphatic rings. The second-order valence-electron chi connectivity index (χ2n) is 7.19. The number of urea groups is 1. The van der Waals surface area contributed by atoms with Gasteiger partial charge in [0.1, 0.15) is 5.75 Å². The van der Waals surface area contributed by atoms with Gasteiger partial charge in [-0.2, -0.15) is 0 Å². The molecule has 0 aliphatic heterocycles. The average molecular weight is 418 g/mol. The Labute approximate surface area is 181 Å². The molecule has 0 bridgehead atoms. The molecule has 160 valence electrons. The fraction of sp³-hybridized carbons (Fsp3) is 0.208. The SMILES string of the molecule is COc1ccc(NC(C)=O)cc1NC(=O)NC(Cc1ccc(C)cc1)c1ccccn1. The molecular weight excluding hydrogens is 392 g/mol. The Morgan fingerprint density at radius 1 is 1.03 bits per heavy atom. The molecule has 1 atom stereocenters. The van der Waals surface area contributed by atoms with E-state index in [9.17, 15) is 9.59 Å². The highest BCUT2D eigenvalue weighted by molar-refractivity contribution is 5.94. The lowest BCUT2D eigenvalue weighted by Gasteiger charge is -2.20. The number of methoxy groups -OCH3 is 1. The van der Waals surface area contributed by atoms with Crippen molar-refractivity contribution in [3.8, 4) is 5.75 Å². The maximum absolute atomic E-state index is 12.8. The van der Waals surface area contributed by atoms with Gasteiger partial charge in [0.05, 0.1) is 24.5 Å². The number of aryl methyl sites for hydroxylation is 1. The first kappa shape index (κ1) is 21.8. The summed E-state index contributed by atoms with van der Waals surface area (Å²) in [7, 11) is 1.52. The number of pyridine rings is 1. The van der Waals surface area contributed by atoms with Crippen LogP contribution in [0.25, 0.3) is 0 Å². The molecule has 1 unspecified atom stereocenters. The van der Waals surface area contributed by atoms with E-state index in [-0.39, 0.29) is 11.9 Å². The fourth-order valence-corrected chi connectivity index (χ4v) is 3.17. The maximum Gasteiger partial charge on any atom is 0.319 e. The summed E-state index contributed by atoms with van der Waals surface area (Å²) in [5, 5.41) is 8.51. The van der Waals surface area contributed by atoms with Crippen LogP contribution in [0.15, 0.2) is 66.9 Å². The zero-order valence-electron chi connectivity index (χ0n) is 17.8. The summed E-state index contributed by atoms with van der Waals surface area (Å²) >= 11 is 0.